The normalized spacial score (nSPS) is 22.1. The summed E-state index contributed by atoms with van der Waals surface area (Å²) in [5.74, 6) is 0.137. The number of nitrogens with zero attached hydrogens (tertiary/aromatic N) is 3. The van der Waals surface area contributed by atoms with Crippen LogP contribution in [-0.2, 0) is 21.2 Å². The molecule has 0 saturated carbocycles. The van der Waals surface area contributed by atoms with Crippen LogP contribution in [0.15, 0.2) is 23.1 Å². The number of carbonyl (C=O) groups is 1. The van der Waals surface area contributed by atoms with Gasteiger partial charge in [0.15, 0.2) is 0 Å². The van der Waals surface area contributed by atoms with E-state index in [1.165, 1.54) is 25.7 Å². The molecule has 0 unspecified atom stereocenters. The second kappa shape index (κ2) is 8.51. The first-order valence-electron chi connectivity index (χ1n) is 10.7. The summed E-state index contributed by atoms with van der Waals surface area (Å²) in [4.78, 5) is 17.5. The molecule has 0 N–H and O–H groups in total. The molecule has 28 heavy (non-hydrogen) atoms. The molecule has 0 radical (unpaired) electrons. The maximum atomic E-state index is 13.0. The lowest BCUT2D eigenvalue weighted by Gasteiger charge is -2.32. The summed E-state index contributed by atoms with van der Waals surface area (Å²) in [6, 6.07) is 5.33. The summed E-state index contributed by atoms with van der Waals surface area (Å²) >= 11 is 0. The predicted molar refractivity (Wildman–Crippen MR) is 110 cm³/mol. The molecule has 0 bridgehead atoms. The van der Waals surface area contributed by atoms with Gasteiger partial charge >= 0.3 is 0 Å². The standard InChI is InChI=1S/C21H31N3O3S/c25-21(17-22-11-3-1-2-4-12-22)24-15-7-8-18-16-19(9-10-20(18)24)28(26,27)23-13-5-6-14-23/h9-10,16H,1-8,11-15,17H2. The molecule has 0 atom stereocenters. The van der Waals surface area contributed by atoms with Gasteiger partial charge in [0.25, 0.3) is 0 Å². The zero-order valence-electron chi connectivity index (χ0n) is 16.6. The van der Waals surface area contributed by atoms with Gasteiger partial charge in [0.2, 0.25) is 15.9 Å². The molecule has 1 aromatic rings. The van der Waals surface area contributed by atoms with Crippen molar-refractivity contribution >= 4 is 21.6 Å². The van der Waals surface area contributed by atoms with Crippen molar-refractivity contribution in [1.29, 1.82) is 0 Å². The van der Waals surface area contributed by atoms with E-state index < -0.39 is 10.0 Å². The van der Waals surface area contributed by atoms with E-state index in [9.17, 15) is 13.2 Å². The summed E-state index contributed by atoms with van der Waals surface area (Å²) in [6.45, 7) is 4.41. The Kier molecular flexibility index (Phi) is 6.04. The smallest absolute Gasteiger partial charge is 0.243 e. The number of rotatable bonds is 4. The van der Waals surface area contributed by atoms with Crippen molar-refractivity contribution in [3.8, 4) is 0 Å². The molecular formula is C21H31N3O3S. The second-order valence-electron chi connectivity index (χ2n) is 8.24. The van der Waals surface area contributed by atoms with Crippen molar-refractivity contribution in [1.82, 2.24) is 9.21 Å². The van der Waals surface area contributed by atoms with Crippen LogP contribution in [0, 0.1) is 0 Å². The zero-order chi connectivity index (χ0) is 19.6. The van der Waals surface area contributed by atoms with Gasteiger partial charge in [-0.05, 0) is 75.4 Å². The van der Waals surface area contributed by atoms with Crippen LogP contribution >= 0.6 is 0 Å². The summed E-state index contributed by atoms with van der Waals surface area (Å²) in [6.07, 6.45) is 8.42. The number of carbonyl (C=O) groups excluding carboxylic acids is 1. The van der Waals surface area contributed by atoms with E-state index >= 15 is 0 Å². The predicted octanol–water partition coefficient (Wildman–Crippen LogP) is 2.63. The fourth-order valence-corrected chi connectivity index (χ4v) is 6.21. The average Bonchev–Trinajstić information content (AvgIpc) is 3.14. The van der Waals surface area contributed by atoms with Crippen LogP contribution in [-0.4, -0.2) is 62.8 Å². The third-order valence-corrected chi connectivity index (χ3v) is 8.13. The Hall–Kier alpha value is -1.44. The number of anilines is 1. The number of hydrogen-bond acceptors (Lipinski definition) is 4. The highest BCUT2D eigenvalue weighted by molar-refractivity contribution is 7.89. The molecule has 6 nitrogen and oxygen atoms in total. The molecule has 7 heteroatoms. The van der Waals surface area contributed by atoms with E-state index in [1.54, 1.807) is 16.4 Å². The molecule has 0 aromatic heterocycles. The number of hydrogen-bond donors (Lipinski definition) is 0. The van der Waals surface area contributed by atoms with Crippen LogP contribution < -0.4 is 4.90 Å². The molecule has 2 fully saturated rings. The van der Waals surface area contributed by atoms with Gasteiger partial charge in [-0.25, -0.2) is 8.42 Å². The minimum absolute atomic E-state index is 0.137. The first-order chi connectivity index (χ1) is 13.6. The van der Waals surface area contributed by atoms with Crippen molar-refractivity contribution in [2.75, 3.05) is 44.2 Å². The first-order valence-corrected chi connectivity index (χ1v) is 12.2. The highest BCUT2D eigenvalue weighted by atomic mass is 32.2. The Morgan fingerprint density at radius 3 is 2.25 bits per heavy atom. The summed E-state index contributed by atoms with van der Waals surface area (Å²) in [7, 11) is -3.41. The van der Waals surface area contributed by atoms with Crippen molar-refractivity contribution in [2.45, 2.75) is 56.3 Å². The Morgan fingerprint density at radius 1 is 0.857 bits per heavy atom. The van der Waals surface area contributed by atoms with E-state index in [1.807, 2.05) is 11.0 Å². The number of benzene rings is 1. The van der Waals surface area contributed by atoms with E-state index in [4.69, 9.17) is 0 Å². The SMILES string of the molecule is O=C(CN1CCCCCC1)N1CCCc2cc(S(=O)(=O)N3CCCC3)ccc21. The van der Waals surface area contributed by atoms with E-state index in [0.29, 0.717) is 24.5 Å². The summed E-state index contributed by atoms with van der Waals surface area (Å²) in [5.41, 5.74) is 1.88. The fourth-order valence-electron chi connectivity index (χ4n) is 4.64. The lowest BCUT2D eigenvalue weighted by Crippen LogP contribution is -2.43. The molecule has 3 aliphatic heterocycles. The van der Waals surface area contributed by atoms with E-state index in [0.717, 1.165) is 56.6 Å². The molecular weight excluding hydrogens is 374 g/mol. The largest absolute Gasteiger partial charge is 0.311 e. The van der Waals surface area contributed by atoms with Gasteiger partial charge in [0, 0.05) is 25.3 Å². The molecule has 4 rings (SSSR count). The maximum absolute atomic E-state index is 13.0. The first kappa shape index (κ1) is 19.9. The van der Waals surface area contributed by atoms with Crippen LogP contribution in [0.25, 0.3) is 0 Å². The van der Waals surface area contributed by atoms with Crippen LogP contribution in [0.5, 0.6) is 0 Å². The van der Waals surface area contributed by atoms with Gasteiger partial charge < -0.3 is 4.90 Å². The number of amides is 1. The Bertz CT molecular complexity index is 810. The molecule has 1 aromatic carbocycles. The molecule has 2 saturated heterocycles. The van der Waals surface area contributed by atoms with Crippen molar-refractivity contribution in [3.63, 3.8) is 0 Å². The van der Waals surface area contributed by atoms with Gasteiger partial charge in [-0.15, -0.1) is 0 Å². The number of likely N-dealkylation sites (tertiary alicyclic amines) is 1. The van der Waals surface area contributed by atoms with Crippen LogP contribution in [0.3, 0.4) is 0 Å². The highest BCUT2D eigenvalue weighted by Gasteiger charge is 2.30. The number of fused-ring (bicyclic) bond motifs is 1. The van der Waals surface area contributed by atoms with Crippen molar-refractivity contribution in [2.24, 2.45) is 0 Å². The average molecular weight is 406 g/mol. The molecule has 3 aliphatic rings. The second-order valence-corrected chi connectivity index (χ2v) is 10.2. The fraction of sp³-hybridized carbons (Fsp3) is 0.667. The Morgan fingerprint density at radius 2 is 1.54 bits per heavy atom. The minimum atomic E-state index is -3.41. The maximum Gasteiger partial charge on any atom is 0.243 e. The quantitative estimate of drug-likeness (QED) is 0.773. The molecule has 154 valence electrons. The van der Waals surface area contributed by atoms with Crippen molar-refractivity contribution < 1.29 is 13.2 Å². The molecule has 0 aliphatic carbocycles. The molecule has 1 amide bonds. The summed E-state index contributed by atoms with van der Waals surface area (Å²) in [5, 5.41) is 0. The van der Waals surface area contributed by atoms with E-state index in [-0.39, 0.29) is 5.91 Å². The van der Waals surface area contributed by atoms with Crippen LogP contribution in [0.1, 0.15) is 50.5 Å². The molecule has 3 heterocycles. The Balaban J connectivity index is 1.52. The van der Waals surface area contributed by atoms with Crippen LogP contribution in [0.4, 0.5) is 5.69 Å². The number of aryl methyl sites for hydroxylation is 1. The van der Waals surface area contributed by atoms with Gasteiger partial charge in [-0.2, -0.15) is 4.31 Å². The monoisotopic (exact) mass is 405 g/mol. The van der Waals surface area contributed by atoms with Gasteiger partial charge in [-0.1, -0.05) is 12.8 Å². The topological polar surface area (TPSA) is 60.9 Å². The van der Waals surface area contributed by atoms with E-state index in [2.05, 4.69) is 4.90 Å². The van der Waals surface area contributed by atoms with Crippen molar-refractivity contribution in [3.05, 3.63) is 23.8 Å². The minimum Gasteiger partial charge on any atom is -0.311 e. The van der Waals surface area contributed by atoms with Gasteiger partial charge in [0.1, 0.15) is 0 Å². The van der Waals surface area contributed by atoms with Crippen LogP contribution in [0.2, 0.25) is 0 Å². The lowest BCUT2D eigenvalue weighted by atomic mass is 10.0. The third kappa shape index (κ3) is 4.11. The lowest BCUT2D eigenvalue weighted by molar-refractivity contribution is -0.119. The number of sulfonamides is 1. The van der Waals surface area contributed by atoms with Gasteiger partial charge in [-0.3, -0.25) is 9.69 Å². The van der Waals surface area contributed by atoms with Gasteiger partial charge in [0.05, 0.1) is 11.4 Å². The highest BCUT2D eigenvalue weighted by Crippen LogP contribution is 2.31. The zero-order valence-corrected chi connectivity index (χ0v) is 17.4. The third-order valence-electron chi connectivity index (χ3n) is 6.23. The Labute approximate surface area is 168 Å². The summed E-state index contributed by atoms with van der Waals surface area (Å²) < 4.78 is 27.3. The molecule has 0 spiro atoms.